The molecule has 0 heterocycles. The fraction of sp³-hybridized carbons (Fsp3) is 0. The third-order valence-electron chi connectivity index (χ3n) is 2.86. The molecule has 0 unspecified atom stereocenters. The van der Waals surface area contributed by atoms with Gasteiger partial charge in [-0.2, -0.15) is 0 Å². The van der Waals surface area contributed by atoms with Crippen LogP contribution in [0.5, 0.6) is 0 Å². The summed E-state index contributed by atoms with van der Waals surface area (Å²) in [6, 6.07) is 10.1. The van der Waals surface area contributed by atoms with Crippen molar-refractivity contribution in [2.45, 2.75) is 0 Å². The Balaban J connectivity index is 2.17. The fourth-order valence-corrected chi connectivity index (χ4v) is 4.23. The van der Waals surface area contributed by atoms with Gasteiger partial charge in [0, 0.05) is 17.2 Å². The van der Waals surface area contributed by atoms with Crippen molar-refractivity contribution in [3.63, 3.8) is 0 Å². The summed E-state index contributed by atoms with van der Waals surface area (Å²) in [6.07, 6.45) is 0. The number of hydrogen-bond acceptors (Lipinski definition) is 3. The number of thiocarbonyl (C=S) groups is 1. The van der Waals surface area contributed by atoms with Gasteiger partial charge in [0.2, 0.25) is 0 Å². The first kappa shape index (κ1) is 19.5. The van der Waals surface area contributed by atoms with Crippen LogP contribution in [-0.2, 0) is 0 Å². The number of aromatic carboxylic acids is 1. The molecule has 124 valence electrons. The zero-order valence-electron chi connectivity index (χ0n) is 11.8. The van der Waals surface area contributed by atoms with Crippen LogP contribution in [-0.4, -0.2) is 22.1 Å². The summed E-state index contributed by atoms with van der Waals surface area (Å²) in [4.78, 5) is 23.5. The highest BCUT2D eigenvalue weighted by Gasteiger charge is 2.17. The minimum Gasteiger partial charge on any atom is -0.478 e. The van der Waals surface area contributed by atoms with Crippen molar-refractivity contribution >= 4 is 96.0 Å². The van der Waals surface area contributed by atoms with E-state index in [1.165, 1.54) is 6.07 Å². The van der Waals surface area contributed by atoms with Gasteiger partial charge >= 0.3 is 5.97 Å². The summed E-state index contributed by atoms with van der Waals surface area (Å²) in [6.45, 7) is 0. The highest BCUT2D eigenvalue weighted by molar-refractivity contribution is 14.1. The van der Waals surface area contributed by atoms with E-state index in [1.54, 1.807) is 24.3 Å². The van der Waals surface area contributed by atoms with Gasteiger partial charge in [-0.3, -0.25) is 10.1 Å². The summed E-state index contributed by atoms with van der Waals surface area (Å²) < 4.78 is 2.35. The summed E-state index contributed by atoms with van der Waals surface area (Å²) in [5, 5.41) is 14.7. The maximum absolute atomic E-state index is 12.1. The Kier molecular flexibility index (Phi) is 6.95. The third-order valence-corrected chi connectivity index (χ3v) is 5.06. The Morgan fingerprint density at radius 2 is 1.75 bits per heavy atom. The number of carboxylic acid groups (broad SMARTS) is 1. The number of amides is 1. The topological polar surface area (TPSA) is 78.4 Å². The fourth-order valence-electron chi connectivity index (χ4n) is 1.79. The zero-order chi connectivity index (χ0) is 17.9. The van der Waals surface area contributed by atoms with E-state index in [1.807, 2.05) is 51.2 Å². The Morgan fingerprint density at radius 1 is 1.12 bits per heavy atom. The van der Waals surface area contributed by atoms with Crippen LogP contribution in [0.3, 0.4) is 0 Å². The highest BCUT2D eigenvalue weighted by Crippen LogP contribution is 2.26. The second kappa shape index (κ2) is 8.54. The monoisotopic (exact) mass is 630 g/mol. The van der Waals surface area contributed by atoms with E-state index >= 15 is 0 Å². The number of benzene rings is 2. The molecule has 0 bridgehead atoms. The Morgan fingerprint density at radius 3 is 2.33 bits per heavy atom. The lowest BCUT2D eigenvalue weighted by atomic mass is 10.2. The summed E-state index contributed by atoms with van der Waals surface area (Å²) in [7, 11) is 0. The highest BCUT2D eigenvalue weighted by atomic mass is 127. The average molecular weight is 631 g/mol. The molecule has 9 heteroatoms. The maximum Gasteiger partial charge on any atom is 0.337 e. The summed E-state index contributed by atoms with van der Waals surface area (Å²) in [5.74, 6) is -1.45. The van der Waals surface area contributed by atoms with E-state index in [-0.39, 0.29) is 16.6 Å². The van der Waals surface area contributed by atoms with Crippen LogP contribution in [0.1, 0.15) is 20.7 Å². The van der Waals surface area contributed by atoms with Crippen LogP contribution < -0.4 is 10.6 Å². The first-order chi connectivity index (χ1) is 11.3. The van der Waals surface area contributed by atoms with Gasteiger partial charge in [0.05, 0.1) is 11.3 Å². The molecule has 3 N–H and O–H groups in total. The molecule has 0 aliphatic heterocycles. The standard InChI is InChI=1S/C15H9BrI2N2O3S/c16-8-3-1-7(2-4-8)13(21)20-15(24)19-12-10(14(22)23)5-9(17)6-11(12)18/h1-6H,(H,22,23)(H2,19,20,21,24). The van der Waals surface area contributed by atoms with E-state index in [0.29, 0.717) is 14.8 Å². The molecule has 24 heavy (non-hydrogen) atoms. The Labute approximate surface area is 179 Å². The molecule has 2 rings (SSSR count). The van der Waals surface area contributed by atoms with Gasteiger partial charge in [-0.05, 0) is 93.8 Å². The second-order valence-corrected chi connectivity index (χ2v) is 8.26. The molecular weight excluding hydrogens is 622 g/mol. The maximum atomic E-state index is 12.1. The van der Waals surface area contributed by atoms with Gasteiger partial charge in [-0.25, -0.2) is 4.79 Å². The van der Waals surface area contributed by atoms with E-state index in [0.717, 1.165) is 8.04 Å². The molecule has 2 aromatic carbocycles. The van der Waals surface area contributed by atoms with Crippen molar-refractivity contribution in [1.29, 1.82) is 0 Å². The number of anilines is 1. The lowest BCUT2D eigenvalue weighted by Gasteiger charge is -2.14. The molecule has 0 fully saturated rings. The molecule has 5 nitrogen and oxygen atoms in total. The Hall–Kier alpha value is -0.790. The van der Waals surface area contributed by atoms with E-state index < -0.39 is 5.97 Å². The van der Waals surface area contributed by atoms with Gasteiger partial charge in [0.25, 0.3) is 5.91 Å². The number of carbonyl (C=O) groups is 2. The zero-order valence-corrected chi connectivity index (χ0v) is 18.5. The lowest BCUT2D eigenvalue weighted by molar-refractivity contribution is 0.0697. The van der Waals surface area contributed by atoms with Gasteiger partial charge in [0.15, 0.2) is 5.11 Å². The SMILES string of the molecule is O=C(NC(=S)Nc1c(I)cc(I)cc1C(=O)O)c1ccc(Br)cc1. The molecular formula is C15H9BrI2N2O3S. The van der Waals surface area contributed by atoms with Gasteiger partial charge in [-0.15, -0.1) is 0 Å². The molecule has 0 saturated heterocycles. The molecule has 0 aliphatic carbocycles. The second-order valence-electron chi connectivity index (χ2n) is 4.53. The predicted molar refractivity (Wildman–Crippen MR) is 117 cm³/mol. The number of hydrogen-bond donors (Lipinski definition) is 3. The smallest absolute Gasteiger partial charge is 0.337 e. The van der Waals surface area contributed by atoms with E-state index in [4.69, 9.17) is 12.2 Å². The molecule has 0 aliphatic rings. The molecule has 0 spiro atoms. The molecule has 0 atom stereocenters. The van der Waals surface area contributed by atoms with Gasteiger partial charge in [0.1, 0.15) is 0 Å². The van der Waals surface area contributed by atoms with Crippen LogP contribution >= 0.6 is 73.3 Å². The largest absolute Gasteiger partial charge is 0.478 e. The van der Waals surface area contributed by atoms with E-state index in [9.17, 15) is 14.7 Å². The molecule has 0 aromatic heterocycles. The number of halogens is 3. The van der Waals surface area contributed by atoms with Crippen molar-refractivity contribution in [1.82, 2.24) is 5.32 Å². The number of carbonyl (C=O) groups excluding carboxylic acids is 1. The van der Waals surface area contributed by atoms with Crippen molar-refractivity contribution in [3.05, 3.63) is 59.1 Å². The van der Waals surface area contributed by atoms with Crippen LogP contribution in [0.4, 0.5) is 5.69 Å². The number of carboxylic acids is 1. The molecule has 1 amide bonds. The van der Waals surface area contributed by atoms with Crippen molar-refractivity contribution in [2.75, 3.05) is 5.32 Å². The lowest BCUT2D eigenvalue weighted by Crippen LogP contribution is -2.34. The normalized spacial score (nSPS) is 10.1. The number of nitrogens with one attached hydrogen (secondary N) is 2. The van der Waals surface area contributed by atoms with Gasteiger partial charge < -0.3 is 10.4 Å². The minimum absolute atomic E-state index is 0.0320. The molecule has 0 radical (unpaired) electrons. The quantitative estimate of drug-likeness (QED) is 0.344. The van der Waals surface area contributed by atoms with Crippen LogP contribution in [0, 0.1) is 7.14 Å². The van der Waals surface area contributed by atoms with Crippen LogP contribution in [0.2, 0.25) is 0 Å². The van der Waals surface area contributed by atoms with Crippen molar-refractivity contribution in [3.8, 4) is 0 Å². The summed E-state index contributed by atoms with van der Waals surface area (Å²) >= 11 is 12.5. The first-order valence-electron chi connectivity index (χ1n) is 6.38. The average Bonchev–Trinajstić information content (AvgIpc) is 2.50. The van der Waals surface area contributed by atoms with E-state index in [2.05, 4.69) is 26.6 Å². The summed E-state index contributed by atoms with van der Waals surface area (Å²) in [5.41, 5.74) is 0.884. The Bertz CT molecular complexity index is 828. The minimum atomic E-state index is -1.07. The van der Waals surface area contributed by atoms with Crippen LogP contribution in [0.25, 0.3) is 0 Å². The predicted octanol–water partition coefficient (Wildman–Crippen LogP) is 4.48. The number of rotatable bonds is 3. The third kappa shape index (κ3) is 5.10. The molecule has 2 aromatic rings. The first-order valence-corrected chi connectivity index (χ1v) is 9.74. The van der Waals surface area contributed by atoms with Crippen molar-refractivity contribution in [2.24, 2.45) is 0 Å². The van der Waals surface area contributed by atoms with Crippen molar-refractivity contribution < 1.29 is 14.7 Å². The van der Waals surface area contributed by atoms with Gasteiger partial charge in [-0.1, -0.05) is 15.9 Å². The van der Waals surface area contributed by atoms with Crippen LogP contribution in [0.15, 0.2) is 40.9 Å². The molecule has 0 saturated carbocycles.